The molecule has 0 aliphatic heterocycles. The molecule has 114 valence electrons. The first-order valence-electron chi connectivity index (χ1n) is 6.31. The molecular formula is C13H20F2N2O2S. The van der Waals surface area contributed by atoms with Crippen LogP contribution in [0, 0.1) is 0 Å². The van der Waals surface area contributed by atoms with Gasteiger partial charge in [0.25, 0.3) is 0 Å². The van der Waals surface area contributed by atoms with Gasteiger partial charge in [-0.2, -0.15) is 8.78 Å². The van der Waals surface area contributed by atoms with Crippen molar-refractivity contribution in [3.63, 3.8) is 0 Å². The van der Waals surface area contributed by atoms with E-state index in [4.69, 9.17) is 0 Å². The molecule has 0 radical (unpaired) electrons. The molecule has 0 aliphatic carbocycles. The first kappa shape index (κ1) is 16.8. The lowest BCUT2D eigenvalue weighted by atomic mass is 10.3. The Morgan fingerprint density at radius 3 is 2.20 bits per heavy atom. The molecule has 0 atom stereocenters. The Morgan fingerprint density at radius 1 is 1.20 bits per heavy atom. The van der Waals surface area contributed by atoms with Gasteiger partial charge in [-0.25, -0.2) is 8.42 Å². The van der Waals surface area contributed by atoms with Crippen molar-refractivity contribution >= 4 is 15.5 Å². The van der Waals surface area contributed by atoms with E-state index in [2.05, 4.69) is 24.1 Å². The van der Waals surface area contributed by atoms with Gasteiger partial charge < -0.3 is 10.2 Å². The molecule has 0 saturated heterocycles. The molecule has 0 bridgehead atoms. The van der Waals surface area contributed by atoms with Crippen LogP contribution in [0.1, 0.15) is 13.8 Å². The van der Waals surface area contributed by atoms with Crippen LogP contribution in [0.15, 0.2) is 29.2 Å². The monoisotopic (exact) mass is 306 g/mol. The first-order valence-corrected chi connectivity index (χ1v) is 7.86. The average Bonchev–Trinajstić information content (AvgIpc) is 2.38. The molecule has 1 rings (SSSR count). The third-order valence-electron chi connectivity index (χ3n) is 3.09. The SMILES string of the molecule is CC(C)N(C)CCNc1ccc(S(=O)(=O)C(F)F)cc1. The maximum Gasteiger partial charge on any atom is 0.341 e. The van der Waals surface area contributed by atoms with Crippen LogP contribution in [0.4, 0.5) is 14.5 Å². The number of rotatable bonds is 7. The summed E-state index contributed by atoms with van der Waals surface area (Å²) in [6, 6.07) is 5.80. The normalized spacial score (nSPS) is 12.4. The fraction of sp³-hybridized carbons (Fsp3) is 0.538. The molecule has 0 spiro atoms. The van der Waals surface area contributed by atoms with Gasteiger partial charge in [0.2, 0.25) is 9.84 Å². The lowest BCUT2D eigenvalue weighted by molar-refractivity contribution is 0.234. The van der Waals surface area contributed by atoms with Crippen molar-refractivity contribution in [3.8, 4) is 0 Å². The van der Waals surface area contributed by atoms with E-state index < -0.39 is 15.6 Å². The zero-order chi connectivity index (χ0) is 15.3. The maximum absolute atomic E-state index is 12.4. The number of alkyl halides is 2. The van der Waals surface area contributed by atoms with Gasteiger partial charge in [-0.1, -0.05) is 0 Å². The van der Waals surface area contributed by atoms with Crippen molar-refractivity contribution in [2.24, 2.45) is 0 Å². The average molecular weight is 306 g/mol. The molecule has 4 nitrogen and oxygen atoms in total. The van der Waals surface area contributed by atoms with E-state index in [0.29, 0.717) is 18.3 Å². The smallest absolute Gasteiger partial charge is 0.341 e. The van der Waals surface area contributed by atoms with Gasteiger partial charge in [-0.05, 0) is 45.2 Å². The van der Waals surface area contributed by atoms with Crippen molar-refractivity contribution in [2.75, 3.05) is 25.5 Å². The third-order valence-corrected chi connectivity index (χ3v) is 4.49. The fourth-order valence-corrected chi connectivity index (χ4v) is 2.22. The van der Waals surface area contributed by atoms with E-state index in [9.17, 15) is 17.2 Å². The largest absolute Gasteiger partial charge is 0.384 e. The van der Waals surface area contributed by atoms with Crippen LogP contribution in [-0.4, -0.2) is 45.3 Å². The van der Waals surface area contributed by atoms with Gasteiger partial charge in [-0.15, -0.1) is 0 Å². The summed E-state index contributed by atoms with van der Waals surface area (Å²) in [5.74, 6) is -3.39. The summed E-state index contributed by atoms with van der Waals surface area (Å²) in [6.07, 6.45) is 0. The highest BCUT2D eigenvalue weighted by molar-refractivity contribution is 7.91. The van der Waals surface area contributed by atoms with E-state index in [1.165, 1.54) is 24.3 Å². The second kappa shape index (κ2) is 6.99. The summed E-state index contributed by atoms with van der Waals surface area (Å²) in [6.45, 7) is 5.69. The number of anilines is 1. The van der Waals surface area contributed by atoms with Crippen molar-refractivity contribution in [1.29, 1.82) is 0 Å². The number of hydrogen-bond donors (Lipinski definition) is 1. The van der Waals surface area contributed by atoms with Gasteiger partial charge in [0.05, 0.1) is 4.90 Å². The predicted molar refractivity (Wildman–Crippen MR) is 75.9 cm³/mol. The highest BCUT2D eigenvalue weighted by Crippen LogP contribution is 2.20. The van der Waals surface area contributed by atoms with Gasteiger partial charge >= 0.3 is 5.76 Å². The maximum atomic E-state index is 12.4. The minimum atomic E-state index is -4.51. The number of benzene rings is 1. The molecule has 1 aromatic rings. The van der Waals surface area contributed by atoms with Gasteiger partial charge in [0.15, 0.2) is 0 Å². The Labute approximate surface area is 118 Å². The van der Waals surface area contributed by atoms with E-state index >= 15 is 0 Å². The molecule has 0 aliphatic rings. The Balaban J connectivity index is 2.60. The minimum absolute atomic E-state index is 0.364. The third kappa shape index (κ3) is 4.42. The number of hydrogen-bond acceptors (Lipinski definition) is 4. The van der Waals surface area contributed by atoms with Crippen molar-refractivity contribution < 1.29 is 17.2 Å². The molecule has 0 aromatic heterocycles. The van der Waals surface area contributed by atoms with E-state index in [1.807, 2.05) is 7.05 Å². The number of likely N-dealkylation sites (N-methyl/N-ethyl adjacent to an activating group) is 1. The second-order valence-corrected chi connectivity index (χ2v) is 6.75. The summed E-state index contributed by atoms with van der Waals surface area (Å²) in [4.78, 5) is 1.79. The van der Waals surface area contributed by atoms with Crippen LogP contribution in [0.2, 0.25) is 0 Å². The number of nitrogens with one attached hydrogen (secondary N) is 1. The molecule has 1 aromatic carbocycles. The Hall–Kier alpha value is -1.21. The van der Waals surface area contributed by atoms with Crippen LogP contribution in [0.5, 0.6) is 0 Å². The summed E-state index contributed by atoms with van der Waals surface area (Å²) >= 11 is 0. The van der Waals surface area contributed by atoms with E-state index in [-0.39, 0.29) is 4.90 Å². The van der Waals surface area contributed by atoms with Crippen molar-refractivity contribution in [3.05, 3.63) is 24.3 Å². The van der Waals surface area contributed by atoms with Crippen LogP contribution in [-0.2, 0) is 9.84 Å². The number of sulfone groups is 1. The quantitative estimate of drug-likeness (QED) is 0.840. The second-order valence-electron chi connectivity index (χ2n) is 4.83. The molecule has 0 fully saturated rings. The molecule has 0 heterocycles. The number of nitrogens with zero attached hydrogens (tertiary/aromatic N) is 1. The zero-order valence-corrected chi connectivity index (χ0v) is 12.6. The molecule has 0 unspecified atom stereocenters. The Kier molecular flexibility index (Phi) is 5.88. The Morgan fingerprint density at radius 2 is 1.75 bits per heavy atom. The molecule has 0 amide bonds. The molecule has 1 N–H and O–H groups in total. The predicted octanol–water partition coefficient (Wildman–Crippen LogP) is 2.44. The van der Waals surface area contributed by atoms with Crippen molar-refractivity contribution in [1.82, 2.24) is 4.90 Å². The van der Waals surface area contributed by atoms with E-state index in [0.717, 1.165) is 6.54 Å². The van der Waals surface area contributed by atoms with E-state index in [1.54, 1.807) is 0 Å². The van der Waals surface area contributed by atoms with Gasteiger partial charge in [0, 0.05) is 24.8 Å². The standard InChI is InChI=1S/C13H20F2N2O2S/c1-10(2)17(3)9-8-16-11-4-6-12(7-5-11)20(18,19)13(14)15/h4-7,10,13,16H,8-9H2,1-3H3. The lowest BCUT2D eigenvalue weighted by Gasteiger charge is -2.21. The fourth-order valence-electron chi connectivity index (χ4n) is 1.50. The minimum Gasteiger partial charge on any atom is -0.384 e. The lowest BCUT2D eigenvalue weighted by Crippen LogP contribution is -2.31. The van der Waals surface area contributed by atoms with Crippen molar-refractivity contribution in [2.45, 2.75) is 30.5 Å². The molecule has 0 saturated carbocycles. The Bertz CT molecular complexity index is 516. The summed E-state index contributed by atoms with van der Waals surface area (Å²) < 4.78 is 47.2. The van der Waals surface area contributed by atoms with Crippen LogP contribution >= 0.6 is 0 Å². The van der Waals surface area contributed by atoms with Gasteiger partial charge in [-0.3, -0.25) is 0 Å². The molecular weight excluding hydrogens is 286 g/mol. The zero-order valence-electron chi connectivity index (χ0n) is 11.8. The van der Waals surface area contributed by atoms with Crippen LogP contribution in [0.3, 0.4) is 0 Å². The topological polar surface area (TPSA) is 49.4 Å². The summed E-state index contributed by atoms with van der Waals surface area (Å²) in [5, 5.41) is 3.11. The summed E-state index contributed by atoms with van der Waals surface area (Å²) in [5.41, 5.74) is 0.704. The first-order chi connectivity index (χ1) is 9.25. The highest BCUT2D eigenvalue weighted by atomic mass is 32.2. The number of halogens is 2. The van der Waals surface area contributed by atoms with Gasteiger partial charge in [0.1, 0.15) is 0 Å². The highest BCUT2D eigenvalue weighted by Gasteiger charge is 2.26. The van der Waals surface area contributed by atoms with Crippen LogP contribution in [0.25, 0.3) is 0 Å². The molecule has 20 heavy (non-hydrogen) atoms. The van der Waals surface area contributed by atoms with Crippen LogP contribution < -0.4 is 5.32 Å². The molecule has 7 heteroatoms. The summed E-state index contributed by atoms with van der Waals surface area (Å²) in [7, 11) is -2.50.